The number of hydrogen-bond acceptors (Lipinski definition) is 4. The zero-order chi connectivity index (χ0) is 16.3. The van der Waals surface area contributed by atoms with Gasteiger partial charge in [-0.2, -0.15) is 0 Å². The topological polar surface area (TPSA) is 66.8 Å². The first-order valence-corrected chi connectivity index (χ1v) is 7.64. The van der Waals surface area contributed by atoms with E-state index in [4.69, 9.17) is 27.9 Å². The summed E-state index contributed by atoms with van der Waals surface area (Å²) in [6.45, 7) is 3.49. The minimum atomic E-state index is -1.19. The second-order valence-corrected chi connectivity index (χ2v) is 7.29. The van der Waals surface area contributed by atoms with Gasteiger partial charge in [-0.05, 0) is 24.6 Å². The molecule has 22 heavy (non-hydrogen) atoms. The Bertz CT molecular complexity index is 645. The van der Waals surface area contributed by atoms with Crippen LogP contribution in [0.5, 0.6) is 5.75 Å². The average molecular weight is 344 g/mol. The van der Waals surface area contributed by atoms with E-state index in [2.05, 4.69) is 0 Å². The second-order valence-electron chi connectivity index (χ2n) is 5.91. The third-order valence-electron chi connectivity index (χ3n) is 4.83. The van der Waals surface area contributed by atoms with Crippen LogP contribution in [0.3, 0.4) is 0 Å². The summed E-state index contributed by atoms with van der Waals surface area (Å²) in [5.74, 6) is -0.592. The predicted molar refractivity (Wildman–Crippen MR) is 80.7 cm³/mol. The number of aromatic hydroxyl groups is 1. The fraction of sp³-hybridized carbons (Fsp3) is 0.467. The summed E-state index contributed by atoms with van der Waals surface area (Å²) >= 11 is 12.3. The molecule has 2 aliphatic rings. The number of nitrogens with zero attached hydrogens (tertiary/aromatic N) is 1. The molecule has 1 aliphatic heterocycles. The van der Waals surface area contributed by atoms with Crippen molar-refractivity contribution in [3.8, 4) is 5.75 Å². The number of ether oxygens (including phenoxy) is 1. The van der Waals surface area contributed by atoms with Crippen molar-refractivity contribution in [2.75, 3.05) is 6.61 Å². The first-order chi connectivity index (χ1) is 10.2. The minimum absolute atomic E-state index is 0.0668. The highest BCUT2D eigenvalue weighted by Gasteiger charge is 2.76. The lowest BCUT2D eigenvalue weighted by atomic mass is 10.0. The van der Waals surface area contributed by atoms with Crippen LogP contribution in [-0.2, 0) is 9.53 Å². The van der Waals surface area contributed by atoms with Gasteiger partial charge in [-0.25, -0.2) is 9.69 Å². The third-order valence-corrected chi connectivity index (χ3v) is 6.27. The van der Waals surface area contributed by atoms with Gasteiger partial charge in [-0.15, -0.1) is 23.2 Å². The van der Waals surface area contributed by atoms with Gasteiger partial charge in [0.15, 0.2) is 0 Å². The number of halogens is 2. The number of benzene rings is 1. The van der Waals surface area contributed by atoms with Crippen LogP contribution in [0.15, 0.2) is 24.3 Å². The number of hydrogen-bond donors (Lipinski definition) is 1. The van der Waals surface area contributed by atoms with E-state index in [0.29, 0.717) is 5.56 Å². The van der Waals surface area contributed by atoms with Crippen molar-refractivity contribution in [1.82, 2.24) is 4.90 Å². The minimum Gasteiger partial charge on any atom is -0.508 e. The van der Waals surface area contributed by atoms with Crippen LogP contribution < -0.4 is 0 Å². The SMILES string of the molecule is C[C@@H]1C(Cl)(Cl)[C@]1(C)C(=O)N1C(=O)OC[C@H]1c1ccc(O)cc1. The highest BCUT2D eigenvalue weighted by Crippen LogP contribution is 2.69. The molecule has 0 aromatic heterocycles. The number of phenolic OH excluding ortho intramolecular Hbond substituents is 1. The molecular formula is C15H15Cl2NO4. The Balaban J connectivity index is 1.92. The van der Waals surface area contributed by atoms with E-state index in [1.165, 1.54) is 12.1 Å². The maximum absolute atomic E-state index is 12.8. The van der Waals surface area contributed by atoms with E-state index >= 15 is 0 Å². The third kappa shape index (κ3) is 1.92. The standard InChI is InChI=1S/C15H15Cl2NO4/c1-8-14(2,15(8,16)17)12(20)18-11(7-22-13(18)21)9-3-5-10(19)6-4-9/h3-6,8,11,19H,7H2,1-2H3/t8-,11-,14-/m0/s1. The summed E-state index contributed by atoms with van der Waals surface area (Å²) in [7, 11) is 0. The molecule has 1 saturated carbocycles. The smallest absolute Gasteiger partial charge is 0.417 e. The van der Waals surface area contributed by atoms with E-state index < -0.39 is 27.8 Å². The van der Waals surface area contributed by atoms with Crippen molar-refractivity contribution in [3.05, 3.63) is 29.8 Å². The van der Waals surface area contributed by atoms with Crippen LogP contribution in [-0.4, -0.2) is 32.9 Å². The van der Waals surface area contributed by atoms with Gasteiger partial charge in [0.05, 0.1) is 5.41 Å². The van der Waals surface area contributed by atoms with Crippen LogP contribution in [0.2, 0.25) is 0 Å². The highest BCUT2D eigenvalue weighted by molar-refractivity contribution is 6.53. The Morgan fingerprint density at radius 2 is 1.91 bits per heavy atom. The molecule has 1 saturated heterocycles. The van der Waals surface area contributed by atoms with Crippen LogP contribution in [0, 0.1) is 11.3 Å². The normalized spacial score (nSPS) is 32.7. The Labute approximate surface area is 137 Å². The fourth-order valence-corrected chi connectivity index (χ4v) is 3.72. The summed E-state index contributed by atoms with van der Waals surface area (Å²) in [4.78, 5) is 25.9. The number of alkyl halides is 2. The molecule has 2 fully saturated rings. The lowest BCUT2D eigenvalue weighted by Gasteiger charge is -2.24. The lowest BCUT2D eigenvalue weighted by molar-refractivity contribution is -0.134. The number of imide groups is 1. The number of cyclic esters (lactones) is 1. The van der Waals surface area contributed by atoms with Gasteiger partial charge >= 0.3 is 6.09 Å². The first kappa shape index (κ1) is 15.4. The zero-order valence-corrected chi connectivity index (χ0v) is 13.6. The summed E-state index contributed by atoms with van der Waals surface area (Å²) in [5.41, 5.74) is -0.321. The summed E-state index contributed by atoms with van der Waals surface area (Å²) in [6, 6.07) is 5.74. The molecule has 2 amide bonds. The molecule has 1 heterocycles. The molecule has 118 valence electrons. The maximum atomic E-state index is 12.8. The maximum Gasteiger partial charge on any atom is 0.417 e. The van der Waals surface area contributed by atoms with Gasteiger partial charge in [-0.1, -0.05) is 19.1 Å². The van der Waals surface area contributed by atoms with E-state index in [9.17, 15) is 14.7 Å². The Hall–Kier alpha value is -1.46. The van der Waals surface area contributed by atoms with E-state index in [1.807, 2.05) is 0 Å². The molecule has 1 aliphatic carbocycles. The lowest BCUT2D eigenvalue weighted by Crippen LogP contribution is -2.40. The molecule has 0 spiro atoms. The van der Waals surface area contributed by atoms with Crippen LogP contribution >= 0.6 is 23.2 Å². The van der Waals surface area contributed by atoms with Gasteiger partial charge < -0.3 is 9.84 Å². The molecule has 3 atom stereocenters. The number of phenols is 1. The van der Waals surface area contributed by atoms with Crippen LogP contribution in [0.4, 0.5) is 4.79 Å². The summed E-state index contributed by atoms with van der Waals surface area (Å²) < 4.78 is 3.84. The largest absolute Gasteiger partial charge is 0.508 e. The van der Waals surface area contributed by atoms with Crippen molar-refractivity contribution in [1.29, 1.82) is 0 Å². The zero-order valence-electron chi connectivity index (χ0n) is 12.0. The number of rotatable bonds is 2. The molecule has 0 radical (unpaired) electrons. The van der Waals surface area contributed by atoms with Crippen LogP contribution in [0.25, 0.3) is 0 Å². The van der Waals surface area contributed by atoms with Gasteiger partial charge in [0.1, 0.15) is 22.7 Å². The number of carbonyl (C=O) groups is 2. The van der Waals surface area contributed by atoms with Crippen molar-refractivity contribution >= 4 is 35.2 Å². The Kier molecular flexibility index (Phi) is 3.34. The Morgan fingerprint density at radius 3 is 2.41 bits per heavy atom. The van der Waals surface area contributed by atoms with Crippen LogP contribution in [0.1, 0.15) is 25.5 Å². The number of amides is 2. The quantitative estimate of drug-likeness (QED) is 0.837. The van der Waals surface area contributed by atoms with Crippen molar-refractivity contribution in [2.45, 2.75) is 24.2 Å². The molecule has 7 heteroatoms. The molecule has 3 rings (SSSR count). The Morgan fingerprint density at radius 1 is 1.36 bits per heavy atom. The molecule has 1 aromatic carbocycles. The highest BCUT2D eigenvalue weighted by atomic mass is 35.5. The van der Waals surface area contributed by atoms with Crippen molar-refractivity contribution in [3.63, 3.8) is 0 Å². The molecule has 5 nitrogen and oxygen atoms in total. The molecule has 1 aromatic rings. The molecular weight excluding hydrogens is 329 g/mol. The number of carbonyl (C=O) groups excluding carboxylic acids is 2. The first-order valence-electron chi connectivity index (χ1n) is 6.88. The average Bonchev–Trinajstić information content (AvgIpc) is 2.79. The molecule has 0 unspecified atom stereocenters. The second kappa shape index (κ2) is 4.77. The van der Waals surface area contributed by atoms with Gasteiger partial charge in [0.25, 0.3) is 0 Å². The van der Waals surface area contributed by atoms with E-state index in [1.54, 1.807) is 26.0 Å². The summed E-state index contributed by atoms with van der Waals surface area (Å²) in [6.07, 6.45) is -0.701. The van der Waals surface area contributed by atoms with Gasteiger partial charge in [-0.3, -0.25) is 4.79 Å². The summed E-state index contributed by atoms with van der Waals surface area (Å²) in [5, 5.41) is 9.36. The van der Waals surface area contributed by atoms with E-state index in [-0.39, 0.29) is 18.3 Å². The predicted octanol–water partition coefficient (Wildman–Crippen LogP) is 3.24. The van der Waals surface area contributed by atoms with Crippen molar-refractivity contribution < 1.29 is 19.4 Å². The molecule has 1 N–H and O–H groups in total. The monoisotopic (exact) mass is 343 g/mol. The molecule has 0 bridgehead atoms. The van der Waals surface area contributed by atoms with Gasteiger partial charge in [0, 0.05) is 5.92 Å². The fourth-order valence-electron chi connectivity index (χ4n) is 2.90. The van der Waals surface area contributed by atoms with Gasteiger partial charge in [0.2, 0.25) is 5.91 Å². The van der Waals surface area contributed by atoms with E-state index in [0.717, 1.165) is 4.90 Å². The van der Waals surface area contributed by atoms with Crippen molar-refractivity contribution in [2.24, 2.45) is 11.3 Å².